The molecule has 1 rings (SSSR count). The molecule has 4 nitrogen and oxygen atoms in total. The van der Waals surface area contributed by atoms with Crippen LogP contribution in [0.3, 0.4) is 0 Å². The Hall–Kier alpha value is -1.55. The van der Waals surface area contributed by atoms with E-state index in [0.717, 1.165) is 37.0 Å². The molecule has 0 aliphatic rings. The molecule has 0 amide bonds. The van der Waals surface area contributed by atoms with E-state index in [9.17, 15) is 4.79 Å². The number of carbonyl (C=O) groups excluding carboxylic acids is 1. The molecule has 0 radical (unpaired) electrons. The zero-order chi connectivity index (χ0) is 15.5. The first-order valence-corrected chi connectivity index (χ1v) is 7.82. The van der Waals surface area contributed by atoms with Gasteiger partial charge in [-0.3, -0.25) is 4.79 Å². The predicted molar refractivity (Wildman–Crippen MR) is 84.3 cm³/mol. The quantitative estimate of drug-likeness (QED) is 0.529. The zero-order valence-electron chi connectivity index (χ0n) is 13.1. The maximum absolute atomic E-state index is 11.2. The van der Waals surface area contributed by atoms with Crippen LogP contribution in [0, 0.1) is 0 Å². The SMILES string of the molecule is CCOC(=O)CCCCCOc1ccccc1[C@@H](N)CC. The number of unbranched alkanes of at least 4 members (excludes halogenated alkanes) is 2. The Balaban J connectivity index is 2.25. The largest absolute Gasteiger partial charge is 0.493 e. The van der Waals surface area contributed by atoms with Crippen molar-refractivity contribution in [3.63, 3.8) is 0 Å². The Morgan fingerprint density at radius 2 is 1.95 bits per heavy atom. The highest BCUT2D eigenvalue weighted by molar-refractivity contribution is 5.69. The Morgan fingerprint density at radius 1 is 1.19 bits per heavy atom. The summed E-state index contributed by atoms with van der Waals surface area (Å²) in [6.45, 7) is 4.99. The van der Waals surface area contributed by atoms with Crippen molar-refractivity contribution in [2.24, 2.45) is 5.73 Å². The second kappa shape index (κ2) is 10.2. The number of para-hydroxylation sites is 1. The third-order valence-electron chi connectivity index (χ3n) is 3.35. The summed E-state index contributed by atoms with van der Waals surface area (Å²) >= 11 is 0. The molecule has 118 valence electrons. The Morgan fingerprint density at radius 3 is 2.67 bits per heavy atom. The normalized spacial score (nSPS) is 12.0. The van der Waals surface area contributed by atoms with E-state index < -0.39 is 0 Å². The molecule has 0 heterocycles. The summed E-state index contributed by atoms with van der Waals surface area (Å²) in [5.74, 6) is 0.759. The van der Waals surface area contributed by atoms with Gasteiger partial charge in [-0.1, -0.05) is 25.1 Å². The van der Waals surface area contributed by atoms with E-state index in [0.29, 0.717) is 19.6 Å². The first-order chi connectivity index (χ1) is 10.2. The molecule has 0 aromatic heterocycles. The minimum atomic E-state index is -0.113. The summed E-state index contributed by atoms with van der Waals surface area (Å²) in [5.41, 5.74) is 7.14. The van der Waals surface area contributed by atoms with Crippen molar-refractivity contribution in [1.29, 1.82) is 0 Å². The molecule has 2 N–H and O–H groups in total. The molecule has 0 aliphatic heterocycles. The van der Waals surface area contributed by atoms with Crippen LogP contribution in [0.15, 0.2) is 24.3 Å². The van der Waals surface area contributed by atoms with Crippen molar-refractivity contribution in [1.82, 2.24) is 0 Å². The van der Waals surface area contributed by atoms with Gasteiger partial charge < -0.3 is 15.2 Å². The molecular formula is C17H27NO3. The molecule has 0 saturated heterocycles. The number of hydrogen-bond acceptors (Lipinski definition) is 4. The number of hydrogen-bond donors (Lipinski definition) is 1. The minimum absolute atomic E-state index is 0.0185. The molecule has 1 atom stereocenters. The molecule has 0 saturated carbocycles. The van der Waals surface area contributed by atoms with Crippen LogP contribution < -0.4 is 10.5 Å². The van der Waals surface area contributed by atoms with E-state index in [1.54, 1.807) is 0 Å². The van der Waals surface area contributed by atoms with Crippen LogP contribution in [-0.4, -0.2) is 19.2 Å². The maximum Gasteiger partial charge on any atom is 0.305 e. The molecule has 1 aromatic carbocycles. The van der Waals surface area contributed by atoms with Gasteiger partial charge in [-0.25, -0.2) is 0 Å². The standard InChI is InChI=1S/C17H27NO3/c1-3-15(18)14-10-7-8-11-16(14)21-13-9-5-6-12-17(19)20-4-2/h7-8,10-11,15H,3-6,9,12-13,18H2,1-2H3/t15-/m0/s1. The highest BCUT2D eigenvalue weighted by atomic mass is 16.5. The van der Waals surface area contributed by atoms with Crippen LogP contribution in [0.2, 0.25) is 0 Å². The van der Waals surface area contributed by atoms with Gasteiger partial charge in [0, 0.05) is 18.0 Å². The second-order valence-electron chi connectivity index (χ2n) is 5.02. The molecule has 0 bridgehead atoms. The van der Waals surface area contributed by atoms with Gasteiger partial charge in [-0.2, -0.15) is 0 Å². The first kappa shape index (κ1) is 17.5. The number of ether oxygens (including phenoxy) is 2. The van der Waals surface area contributed by atoms with Crippen molar-refractivity contribution in [3.8, 4) is 5.75 Å². The van der Waals surface area contributed by atoms with Crippen LogP contribution in [-0.2, 0) is 9.53 Å². The maximum atomic E-state index is 11.2. The van der Waals surface area contributed by atoms with Gasteiger partial charge in [0.2, 0.25) is 0 Å². The van der Waals surface area contributed by atoms with Crippen LogP contribution in [0.25, 0.3) is 0 Å². The monoisotopic (exact) mass is 293 g/mol. The highest BCUT2D eigenvalue weighted by Gasteiger charge is 2.09. The van der Waals surface area contributed by atoms with Crippen molar-refractivity contribution in [3.05, 3.63) is 29.8 Å². The Labute approximate surface area is 127 Å². The summed E-state index contributed by atoms with van der Waals surface area (Å²) in [6, 6.07) is 7.94. The van der Waals surface area contributed by atoms with Gasteiger partial charge in [-0.05, 0) is 38.7 Å². The van der Waals surface area contributed by atoms with E-state index in [4.69, 9.17) is 15.2 Å². The average Bonchev–Trinajstić information content (AvgIpc) is 2.50. The Bertz CT molecular complexity index is 420. The van der Waals surface area contributed by atoms with Crippen molar-refractivity contribution < 1.29 is 14.3 Å². The minimum Gasteiger partial charge on any atom is -0.493 e. The second-order valence-corrected chi connectivity index (χ2v) is 5.02. The number of benzene rings is 1. The van der Waals surface area contributed by atoms with Crippen molar-refractivity contribution >= 4 is 5.97 Å². The fourth-order valence-corrected chi connectivity index (χ4v) is 2.10. The van der Waals surface area contributed by atoms with Gasteiger partial charge in [-0.15, -0.1) is 0 Å². The lowest BCUT2D eigenvalue weighted by atomic mass is 10.0. The lowest BCUT2D eigenvalue weighted by Gasteiger charge is -2.15. The highest BCUT2D eigenvalue weighted by Crippen LogP contribution is 2.25. The number of nitrogens with two attached hydrogens (primary N) is 1. The molecule has 0 aliphatic carbocycles. The van der Waals surface area contributed by atoms with Crippen LogP contribution in [0.4, 0.5) is 0 Å². The summed E-state index contributed by atoms with van der Waals surface area (Å²) in [4.78, 5) is 11.2. The lowest BCUT2D eigenvalue weighted by molar-refractivity contribution is -0.143. The van der Waals surface area contributed by atoms with Crippen molar-refractivity contribution in [2.45, 2.75) is 52.0 Å². The van der Waals surface area contributed by atoms with E-state index in [-0.39, 0.29) is 12.0 Å². The summed E-state index contributed by atoms with van der Waals surface area (Å²) < 4.78 is 10.7. The van der Waals surface area contributed by atoms with Gasteiger partial charge in [0.05, 0.1) is 13.2 Å². The summed E-state index contributed by atoms with van der Waals surface area (Å²) in [6.07, 6.45) is 4.11. The van der Waals surface area contributed by atoms with Gasteiger partial charge >= 0.3 is 5.97 Å². The zero-order valence-corrected chi connectivity index (χ0v) is 13.1. The number of carbonyl (C=O) groups is 1. The average molecular weight is 293 g/mol. The molecule has 0 spiro atoms. The van der Waals surface area contributed by atoms with Gasteiger partial charge in [0.15, 0.2) is 0 Å². The molecule has 21 heavy (non-hydrogen) atoms. The van der Waals surface area contributed by atoms with Crippen LogP contribution in [0.5, 0.6) is 5.75 Å². The van der Waals surface area contributed by atoms with Crippen LogP contribution >= 0.6 is 0 Å². The van der Waals surface area contributed by atoms with Gasteiger partial charge in [0.25, 0.3) is 0 Å². The van der Waals surface area contributed by atoms with Crippen LogP contribution in [0.1, 0.15) is 57.6 Å². The molecule has 0 fully saturated rings. The molecule has 4 heteroatoms. The topological polar surface area (TPSA) is 61.5 Å². The third kappa shape index (κ3) is 6.63. The van der Waals surface area contributed by atoms with Crippen molar-refractivity contribution in [2.75, 3.05) is 13.2 Å². The van der Waals surface area contributed by atoms with E-state index in [1.165, 1.54) is 0 Å². The fourth-order valence-electron chi connectivity index (χ4n) is 2.10. The molecular weight excluding hydrogens is 266 g/mol. The summed E-state index contributed by atoms with van der Waals surface area (Å²) in [5, 5.41) is 0. The molecule has 1 aromatic rings. The predicted octanol–water partition coefficient (Wildman–Crippen LogP) is 3.60. The first-order valence-electron chi connectivity index (χ1n) is 7.82. The summed E-state index contributed by atoms with van der Waals surface area (Å²) in [7, 11) is 0. The smallest absolute Gasteiger partial charge is 0.305 e. The Kier molecular flexibility index (Phi) is 8.51. The number of rotatable bonds is 10. The lowest BCUT2D eigenvalue weighted by Crippen LogP contribution is -2.11. The van der Waals surface area contributed by atoms with Gasteiger partial charge in [0.1, 0.15) is 5.75 Å². The number of esters is 1. The third-order valence-corrected chi connectivity index (χ3v) is 3.35. The van der Waals surface area contributed by atoms with E-state index >= 15 is 0 Å². The fraction of sp³-hybridized carbons (Fsp3) is 0.588. The molecule has 0 unspecified atom stereocenters. The van der Waals surface area contributed by atoms with E-state index in [1.807, 2.05) is 31.2 Å². The van der Waals surface area contributed by atoms with E-state index in [2.05, 4.69) is 6.92 Å².